The number of esters is 1. The fraction of sp³-hybridized carbons (Fsp3) is 0.907. The van der Waals surface area contributed by atoms with Crippen LogP contribution in [0.5, 0.6) is 0 Å². The Labute approximate surface area is 411 Å². The first-order valence-electron chi connectivity index (χ1n) is 27.4. The maximum Gasteiger partial charge on any atom is 0.306 e. The molecule has 11 unspecified atom stereocenters. The van der Waals surface area contributed by atoms with Gasteiger partial charge in [0.1, 0.15) is 54.9 Å². The Morgan fingerprint density at radius 2 is 0.912 bits per heavy atom. The second-order valence-electron chi connectivity index (χ2n) is 19.4. The Morgan fingerprint density at radius 1 is 0.485 bits per heavy atom. The Balaban J connectivity index is 1.68. The van der Waals surface area contributed by atoms with Crippen molar-refractivity contribution in [2.24, 2.45) is 0 Å². The zero-order valence-electron chi connectivity index (χ0n) is 42.6. The lowest BCUT2D eigenvalue weighted by atomic mass is 9.98. The van der Waals surface area contributed by atoms with Gasteiger partial charge < -0.3 is 64.2 Å². The van der Waals surface area contributed by atoms with Gasteiger partial charge in [-0.05, 0) is 44.9 Å². The summed E-state index contributed by atoms with van der Waals surface area (Å²) in [5.41, 5.74) is 0. The van der Waals surface area contributed by atoms with Gasteiger partial charge in [0.05, 0.1) is 26.4 Å². The molecule has 2 rings (SSSR count). The van der Waals surface area contributed by atoms with Crippen molar-refractivity contribution in [3.63, 3.8) is 0 Å². The maximum absolute atomic E-state index is 13.0. The third-order valence-electron chi connectivity index (χ3n) is 13.2. The number of rotatable bonds is 44. The fourth-order valence-electron chi connectivity index (χ4n) is 8.73. The van der Waals surface area contributed by atoms with Gasteiger partial charge in [0.15, 0.2) is 12.6 Å². The molecule has 11 atom stereocenters. The number of ether oxygens (including phenoxy) is 6. The molecule has 0 spiro atoms. The highest BCUT2D eigenvalue weighted by Gasteiger charge is 2.47. The van der Waals surface area contributed by atoms with E-state index >= 15 is 0 Å². The van der Waals surface area contributed by atoms with E-state index in [-0.39, 0.29) is 25.6 Å². The van der Waals surface area contributed by atoms with E-state index in [1.54, 1.807) is 0 Å². The van der Waals surface area contributed by atoms with Crippen LogP contribution in [0.2, 0.25) is 0 Å². The first-order chi connectivity index (χ1) is 33.1. The van der Waals surface area contributed by atoms with Crippen LogP contribution in [0.4, 0.5) is 0 Å². The molecule has 0 aliphatic carbocycles. The highest BCUT2D eigenvalue weighted by molar-refractivity contribution is 5.69. The van der Waals surface area contributed by atoms with Gasteiger partial charge in [-0.1, -0.05) is 186 Å². The highest BCUT2D eigenvalue weighted by Crippen LogP contribution is 2.26. The Hall–Kier alpha value is -1.53. The zero-order valence-corrected chi connectivity index (χ0v) is 42.6. The molecule has 0 aromatic heterocycles. The van der Waals surface area contributed by atoms with Gasteiger partial charge in [0, 0.05) is 13.0 Å². The van der Waals surface area contributed by atoms with E-state index in [4.69, 9.17) is 28.4 Å². The SMILES string of the molecule is CCCCCCC/C=C\C/C=C\CCCCCCCCCCCCCCOCC(COC1OC(COC2OC(CO)C(O)C(O)C2O)C(O)C(O)C1O)OC(=O)CCCCCCCCCCCC. The van der Waals surface area contributed by atoms with Crippen molar-refractivity contribution in [3.05, 3.63) is 24.3 Å². The van der Waals surface area contributed by atoms with Gasteiger partial charge in [-0.3, -0.25) is 4.79 Å². The summed E-state index contributed by atoms with van der Waals surface area (Å²) in [4.78, 5) is 13.0. The number of carbonyl (C=O) groups is 1. The number of carbonyl (C=O) groups excluding carboxylic acids is 1. The molecule has 0 aromatic carbocycles. The van der Waals surface area contributed by atoms with Crippen molar-refractivity contribution < 1.29 is 69.0 Å². The van der Waals surface area contributed by atoms with Crippen LogP contribution in [0.1, 0.15) is 213 Å². The number of aliphatic hydroxyl groups excluding tert-OH is 7. The molecule has 2 aliphatic rings. The predicted octanol–water partition coefficient (Wildman–Crippen LogP) is 8.80. The number of unbranched alkanes of at least 4 members (excludes halogenated alkanes) is 26. The smallest absolute Gasteiger partial charge is 0.306 e. The van der Waals surface area contributed by atoms with Gasteiger partial charge in [-0.2, -0.15) is 0 Å². The molecule has 2 heterocycles. The average Bonchev–Trinajstić information content (AvgIpc) is 3.33. The van der Waals surface area contributed by atoms with E-state index < -0.39 is 80.7 Å². The predicted molar refractivity (Wildman–Crippen MR) is 266 cm³/mol. The maximum atomic E-state index is 13.0. The molecule has 2 aliphatic heterocycles. The first-order valence-corrected chi connectivity index (χ1v) is 27.4. The van der Waals surface area contributed by atoms with E-state index in [2.05, 4.69) is 38.2 Å². The molecule has 0 bridgehead atoms. The van der Waals surface area contributed by atoms with Crippen molar-refractivity contribution in [2.75, 3.05) is 33.0 Å². The Kier molecular flexibility index (Phi) is 38.7. The van der Waals surface area contributed by atoms with Crippen LogP contribution >= 0.6 is 0 Å². The molecule has 2 fully saturated rings. The van der Waals surface area contributed by atoms with Crippen molar-refractivity contribution in [3.8, 4) is 0 Å². The Morgan fingerprint density at radius 3 is 1.41 bits per heavy atom. The monoisotopic (exact) mass is 973 g/mol. The summed E-state index contributed by atoms with van der Waals surface area (Å²) in [5, 5.41) is 72.1. The standard InChI is InChI=1S/C54H100O14/c1-3-5-7-9-11-13-15-16-17-18-19-20-21-22-23-24-25-26-27-28-30-32-34-36-38-63-40-43(66-46(56)37-35-33-31-29-14-12-10-8-6-4-2)41-64-53-52(62)50(60)48(58)45(68-53)42-65-54-51(61)49(59)47(57)44(39-55)67-54/h15-16,18-19,43-45,47-55,57-62H,3-14,17,20-42H2,1-2H3/b16-15-,19-18-. The second-order valence-corrected chi connectivity index (χ2v) is 19.4. The molecular weight excluding hydrogens is 873 g/mol. The number of hydrogen-bond donors (Lipinski definition) is 7. The van der Waals surface area contributed by atoms with Crippen molar-refractivity contribution in [1.82, 2.24) is 0 Å². The van der Waals surface area contributed by atoms with Gasteiger partial charge >= 0.3 is 5.97 Å². The van der Waals surface area contributed by atoms with Crippen LogP contribution in [-0.2, 0) is 33.2 Å². The number of allylic oxidation sites excluding steroid dienone is 4. The quantitative estimate of drug-likeness (QED) is 0.0173. The van der Waals surface area contributed by atoms with E-state index in [1.165, 1.54) is 141 Å². The van der Waals surface area contributed by atoms with Gasteiger partial charge in [-0.15, -0.1) is 0 Å². The summed E-state index contributed by atoms with van der Waals surface area (Å²) in [5.74, 6) is -0.376. The molecule has 400 valence electrons. The topological polar surface area (TPSA) is 214 Å². The van der Waals surface area contributed by atoms with E-state index in [1.807, 2.05) is 0 Å². The van der Waals surface area contributed by atoms with Gasteiger partial charge in [0.2, 0.25) is 0 Å². The molecule has 0 radical (unpaired) electrons. The van der Waals surface area contributed by atoms with Crippen LogP contribution in [-0.4, -0.2) is 142 Å². The lowest BCUT2D eigenvalue weighted by Gasteiger charge is -2.42. The summed E-state index contributed by atoms with van der Waals surface area (Å²) in [6.07, 6.45) is 29.7. The molecule has 14 heteroatoms. The van der Waals surface area contributed by atoms with Crippen molar-refractivity contribution >= 4 is 5.97 Å². The van der Waals surface area contributed by atoms with Gasteiger partial charge in [0.25, 0.3) is 0 Å². The third-order valence-corrected chi connectivity index (χ3v) is 13.2. The lowest BCUT2D eigenvalue weighted by Crippen LogP contribution is -2.61. The minimum Gasteiger partial charge on any atom is -0.457 e. The van der Waals surface area contributed by atoms with Crippen LogP contribution < -0.4 is 0 Å². The van der Waals surface area contributed by atoms with Crippen LogP contribution in [0.3, 0.4) is 0 Å². The highest BCUT2D eigenvalue weighted by atomic mass is 16.7. The summed E-state index contributed by atoms with van der Waals surface area (Å²) >= 11 is 0. The van der Waals surface area contributed by atoms with Crippen molar-refractivity contribution in [2.45, 2.75) is 280 Å². The van der Waals surface area contributed by atoms with Crippen LogP contribution in [0, 0.1) is 0 Å². The lowest BCUT2D eigenvalue weighted by molar-refractivity contribution is -0.332. The van der Waals surface area contributed by atoms with Gasteiger partial charge in [-0.25, -0.2) is 0 Å². The molecule has 2 saturated heterocycles. The summed E-state index contributed by atoms with van der Waals surface area (Å²) in [7, 11) is 0. The molecule has 14 nitrogen and oxygen atoms in total. The minimum atomic E-state index is -1.70. The zero-order chi connectivity index (χ0) is 49.5. The second kappa shape index (κ2) is 42.0. The molecule has 0 saturated carbocycles. The number of aliphatic hydroxyl groups is 7. The molecule has 0 amide bonds. The fourth-order valence-corrected chi connectivity index (χ4v) is 8.73. The van der Waals surface area contributed by atoms with Crippen LogP contribution in [0.15, 0.2) is 24.3 Å². The summed E-state index contributed by atoms with van der Waals surface area (Å²) in [6.45, 7) is 3.68. The molecule has 68 heavy (non-hydrogen) atoms. The minimum absolute atomic E-state index is 0.0646. The Bertz CT molecular complexity index is 1220. The van der Waals surface area contributed by atoms with E-state index in [9.17, 15) is 40.5 Å². The normalized spacial score (nSPS) is 26.0. The van der Waals surface area contributed by atoms with E-state index in [0.29, 0.717) is 13.0 Å². The van der Waals surface area contributed by atoms with E-state index in [0.717, 1.165) is 44.9 Å². The summed E-state index contributed by atoms with van der Waals surface area (Å²) in [6, 6.07) is 0. The molecule has 0 aromatic rings. The molecule has 7 N–H and O–H groups in total. The number of hydrogen-bond acceptors (Lipinski definition) is 14. The first kappa shape index (κ1) is 62.6. The third kappa shape index (κ3) is 29.1. The summed E-state index contributed by atoms with van der Waals surface area (Å²) < 4.78 is 34.3. The molecular formula is C54H100O14. The largest absolute Gasteiger partial charge is 0.457 e. The average molecular weight is 973 g/mol. The van der Waals surface area contributed by atoms with Crippen molar-refractivity contribution in [1.29, 1.82) is 0 Å². The van der Waals surface area contributed by atoms with Crippen LogP contribution in [0.25, 0.3) is 0 Å².